The van der Waals surface area contributed by atoms with Crippen LogP contribution in [0.3, 0.4) is 0 Å². The van der Waals surface area contributed by atoms with E-state index < -0.39 is 10.0 Å². The van der Waals surface area contributed by atoms with E-state index in [4.69, 9.17) is 9.98 Å². The number of primary sulfonamides is 1. The van der Waals surface area contributed by atoms with E-state index in [-0.39, 0.29) is 5.16 Å². The zero-order valence-electron chi connectivity index (χ0n) is 7.17. The van der Waals surface area contributed by atoms with E-state index in [1.165, 1.54) is 12.4 Å². The molecule has 1 rings (SSSR count). The topological polar surface area (TPSA) is 87.2 Å². The number of nitrogens with zero attached hydrogens (tertiary/aromatic N) is 2. The van der Waals surface area contributed by atoms with Crippen molar-refractivity contribution in [1.82, 2.24) is 9.71 Å². The van der Waals surface area contributed by atoms with Crippen molar-refractivity contribution in [1.29, 1.82) is 0 Å². The van der Waals surface area contributed by atoms with Crippen molar-refractivity contribution in [2.24, 2.45) is 5.14 Å². The number of sulfonamides is 1. The number of imidazole rings is 1. The molecule has 0 unspecified atom stereocenters. The molecule has 0 aliphatic heterocycles. The minimum absolute atomic E-state index is 0.277. The summed E-state index contributed by atoms with van der Waals surface area (Å²) < 4.78 is 22.8. The van der Waals surface area contributed by atoms with Gasteiger partial charge in [0.05, 0.1) is 12.4 Å². The van der Waals surface area contributed by atoms with E-state index in [0.717, 1.165) is 11.2 Å². The second-order valence-corrected chi connectivity index (χ2v) is 3.87. The van der Waals surface area contributed by atoms with Crippen LogP contribution < -0.4 is 9.98 Å². The smallest absolute Gasteiger partial charge is 0.276 e. The number of rotatable bonds is 4. The zero-order valence-corrected chi connectivity index (χ0v) is 7.99. The highest BCUT2D eigenvalue weighted by Gasteiger charge is 2.15. The first-order valence-electron chi connectivity index (χ1n) is 3.75. The molecule has 1 aromatic heterocycles. The average Bonchev–Trinajstić information content (AvgIpc) is 2.47. The Kier molecular flexibility index (Phi) is 2.89. The second kappa shape index (κ2) is 3.75. The van der Waals surface area contributed by atoms with Gasteiger partial charge >= 0.3 is 0 Å². The molecule has 0 saturated carbocycles. The molecule has 0 amide bonds. The van der Waals surface area contributed by atoms with Gasteiger partial charge in [-0.1, -0.05) is 6.92 Å². The van der Waals surface area contributed by atoms with Gasteiger partial charge in [-0.2, -0.15) is 4.73 Å². The van der Waals surface area contributed by atoms with E-state index in [2.05, 4.69) is 4.98 Å². The van der Waals surface area contributed by atoms with Gasteiger partial charge in [-0.3, -0.25) is 0 Å². The summed E-state index contributed by atoms with van der Waals surface area (Å²) in [7, 11) is -3.79. The van der Waals surface area contributed by atoms with Crippen molar-refractivity contribution in [2.45, 2.75) is 18.5 Å². The highest BCUT2D eigenvalue weighted by atomic mass is 32.2. The van der Waals surface area contributed by atoms with Gasteiger partial charge in [0.15, 0.2) is 0 Å². The molecule has 0 aliphatic carbocycles. The van der Waals surface area contributed by atoms with Crippen LogP contribution in [0.2, 0.25) is 0 Å². The molecule has 6 nitrogen and oxygen atoms in total. The Balaban J connectivity index is 2.90. The van der Waals surface area contributed by atoms with Gasteiger partial charge in [0.1, 0.15) is 6.61 Å². The fourth-order valence-electron chi connectivity index (χ4n) is 0.765. The summed E-state index contributed by atoms with van der Waals surface area (Å²) in [5.74, 6) is 0. The summed E-state index contributed by atoms with van der Waals surface area (Å²) in [6.45, 7) is 2.33. The monoisotopic (exact) mass is 205 g/mol. The fourth-order valence-corrected chi connectivity index (χ4v) is 1.34. The zero-order chi connectivity index (χ0) is 9.90. The van der Waals surface area contributed by atoms with Gasteiger partial charge < -0.3 is 4.84 Å². The molecular weight excluding hydrogens is 194 g/mol. The van der Waals surface area contributed by atoms with Crippen LogP contribution in [-0.4, -0.2) is 24.7 Å². The third-order valence-corrected chi connectivity index (χ3v) is 2.06. The molecule has 0 radical (unpaired) electrons. The molecule has 0 bridgehead atoms. The number of hydrogen-bond acceptors (Lipinski definition) is 4. The van der Waals surface area contributed by atoms with Gasteiger partial charge in [-0.25, -0.2) is 18.5 Å². The fraction of sp³-hybridized carbons (Fsp3) is 0.500. The Hall–Kier alpha value is -1.08. The van der Waals surface area contributed by atoms with Crippen LogP contribution >= 0.6 is 0 Å². The minimum Gasteiger partial charge on any atom is -0.412 e. The maximum Gasteiger partial charge on any atom is 0.276 e. The van der Waals surface area contributed by atoms with Gasteiger partial charge in [0, 0.05) is 0 Å². The first kappa shape index (κ1) is 10.0. The van der Waals surface area contributed by atoms with Crippen LogP contribution in [0.1, 0.15) is 13.3 Å². The predicted octanol–water partition coefficient (Wildman–Crippen LogP) is -0.631. The highest BCUT2D eigenvalue weighted by molar-refractivity contribution is 7.89. The van der Waals surface area contributed by atoms with Crippen molar-refractivity contribution in [2.75, 3.05) is 6.61 Å². The molecule has 0 aliphatic rings. The molecular formula is C6H11N3O3S. The normalized spacial score (nSPS) is 11.5. The third-order valence-electron chi connectivity index (χ3n) is 1.26. The molecule has 0 atom stereocenters. The molecule has 2 N–H and O–H groups in total. The predicted molar refractivity (Wildman–Crippen MR) is 45.3 cm³/mol. The van der Waals surface area contributed by atoms with Crippen molar-refractivity contribution in [3.8, 4) is 0 Å². The average molecular weight is 205 g/mol. The molecule has 0 aromatic carbocycles. The van der Waals surface area contributed by atoms with Crippen LogP contribution in [-0.2, 0) is 10.0 Å². The molecule has 74 valence electrons. The van der Waals surface area contributed by atoms with Crippen molar-refractivity contribution >= 4 is 10.0 Å². The summed E-state index contributed by atoms with van der Waals surface area (Å²) in [5, 5.41) is 4.61. The van der Waals surface area contributed by atoms with E-state index in [1.807, 2.05) is 6.92 Å². The van der Waals surface area contributed by atoms with E-state index in [1.54, 1.807) is 0 Å². The largest absolute Gasteiger partial charge is 0.412 e. The SMILES string of the molecule is CCCOn1ccnc1S(N)(=O)=O. The summed E-state index contributed by atoms with van der Waals surface area (Å²) in [4.78, 5) is 8.61. The molecule has 1 heterocycles. The van der Waals surface area contributed by atoms with Gasteiger partial charge in [-0.15, -0.1) is 0 Å². The molecule has 0 fully saturated rings. The molecule has 1 aromatic rings. The summed E-state index contributed by atoms with van der Waals surface area (Å²) in [5.41, 5.74) is 0. The Morgan fingerprint density at radius 3 is 2.92 bits per heavy atom. The van der Waals surface area contributed by atoms with Crippen molar-refractivity contribution < 1.29 is 13.3 Å². The Bertz CT molecular complexity index is 370. The Morgan fingerprint density at radius 2 is 2.38 bits per heavy atom. The first-order valence-corrected chi connectivity index (χ1v) is 5.29. The quantitative estimate of drug-likeness (QED) is 0.708. The Labute approximate surface area is 76.3 Å². The standard InChI is InChI=1S/C6H11N3O3S/c1-2-5-12-9-4-3-8-6(9)13(7,10)11/h3-4H,2,5H2,1H3,(H2,7,10,11). The Morgan fingerprint density at radius 1 is 1.69 bits per heavy atom. The van der Waals surface area contributed by atoms with E-state index >= 15 is 0 Å². The van der Waals surface area contributed by atoms with Gasteiger partial charge in [0.25, 0.3) is 15.2 Å². The molecule has 7 heteroatoms. The summed E-state index contributed by atoms with van der Waals surface area (Å²) >= 11 is 0. The van der Waals surface area contributed by atoms with E-state index in [9.17, 15) is 8.42 Å². The lowest BCUT2D eigenvalue weighted by Crippen LogP contribution is -2.22. The lowest BCUT2D eigenvalue weighted by molar-refractivity contribution is 0.0900. The van der Waals surface area contributed by atoms with E-state index in [0.29, 0.717) is 6.61 Å². The lowest BCUT2D eigenvalue weighted by Gasteiger charge is -2.06. The number of aromatic nitrogens is 2. The van der Waals surface area contributed by atoms with Crippen LogP contribution in [0.25, 0.3) is 0 Å². The summed E-state index contributed by atoms with van der Waals surface area (Å²) in [6.07, 6.45) is 3.49. The number of nitrogens with two attached hydrogens (primary N) is 1. The maximum absolute atomic E-state index is 10.9. The molecule has 13 heavy (non-hydrogen) atoms. The second-order valence-electron chi connectivity index (χ2n) is 2.41. The van der Waals surface area contributed by atoms with Crippen molar-refractivity contribution in [3.63, 3.8) is 0 Å². The van der Waals surface area contributed by atoms with Crippen molar-refractivity contribution in [3.05, 3.63) is 12.4 Å². The van der Waals surface area contributed by atoms with Crippen LogP contribution in [0, 0.1) is 0 Å². The van der Waals surface area contributed by atoms with Crippen LogP contribution in [0.4, 0.5) is 0 Å². The minimum atomic E-state index is -3.79. The maximum atomic E-state index is 10.9. The molecule has 0 spiro atoms. The van der Waals surface area contributed by atoms with Gasteiger partial charge in [0.2, 0.25) is 0 Å². The highest BCUT2D eigenvalue weighted by Crippen LogP contribution is 2.00. The van der Waals surface area contributed by atoms with Crippen LogP contribution in [0.15, 0.2) is 17.6 Å². The third kappa shape index (κ3) is 2.43. The first-order chi connectivity index (χ1) is 6.05. The lowest BCUT2D eigenvalue weighted by atomic mass is 10.5. The molecule has 0 saturated heterocycles. The van der Waals surface area contributed by atoms with Gasteiger partial charge in [-0.05, 0) is 6.42 Å². The van der Waals surface area contributed by atoms with Crippen LogP contribution in [0.5, 0.6) is 0 Å². The number of hydrogen-bond donors (Lipinski definition) is 1. The summed E-state index contributed by atoms with van der Waals surface area (Å²) in [6, 6.07) is 0.